The molecule has 3 rings (SSSR count). The van der Waals surface area contributed by atoms with Gasteiger partial charge in [-0.3, -0.25) is 4.68 Å². The molecule has 2 atom stereocenters. The summed E-state index contributed by atoms with van der Waals surface area (Å²) >= 11 is 5.50. The second kappa shape index (κ2) is 6.48. The van der Waals surface area contributed by atoms with Crippen molar-refractivity contribution in [3.05, 3.63) is 53.3 Å². The van der Waals surface area contributed by atoms with Crippen LogP contribution in [-0.2, 0) is 13.5 Å². The van der Waals surface area contributed by atoms with Gasteiger partial charge in [-0.25, -0.2) is 0 Å². The van der Waals surface area contributed by atoms with Crippen LogP contribution in [-0.4, -0.2) is 14.9 Å². The summed E-state index contributed by atoms with van der Waals surface area (Å²) in [6.45, 7) is 2.12. The first-order valence-corrected chi connectivity index (χ1v) is 8.18. The standard InChI is InChI=1S/C17H22N4S/c1-12(13-7-4-3-5-8-13)19-17(22)20-15-9-6-10-16-14(15)11-18-21(16)2/h3-5,7-8,11-12,15H,6,9-10H2,1-2H3,(H2,19,20,22)/t12-,15+/m0/s1. The van der Waals surface area contributed by atoms with Gasteiger partial charge in [-0.2, -0.15) is 5.10 Å². The Morgan fingerprint density at radius 2 is 2.14 bits per heavy atom. The predicted molar refractivity (Wildman–Crippen MR) is 92.6 cm³/mol. The summed E-state index contributed by atoms with van der Waals surface area (Å²) in [6.07, 6.45) is 5.33. The topological polar surface area (TPSA) is 41.9 Å². The number of thiocarbonyl (C=S) groups is 1. The normalized spacial score (nSPS) is 18.4. The average Bonchev–Trinajstić information content (AvgIpc) is 2.91. The highest BCUT2D eigenvalue weighted by atomic mass is 32.1. The Bertz CT molecular complexity index is 650. The second-order valence-corrected chi connectivity index (χ2v) is 6.27. The van der Waals surface area contributed by atoms with E-state index in [2.05, 4.69) is 34.8 Å². The number of aryl methyl sites for hydroxylation is 1. The van der Waals surface area contributed by atoms with E-state index in [4.69, 9.17) is 12.2 Å². The summed E-state index contributed by atoms with van der Waals surface area (Å²) in [6, 6.07) is 10.8. The Hall–Kier alpha value is -1.88. The maximum Gasteiger partial charge on any atom is 0.167 e. The molecule has 0 saturated heterocycles. The molecular formula is C17H22N4S. The van der Waals surface area contributed by atoms with Crippen LogP contribution in [0.1, 0.15) is 48.7 Å². The highest BCUT2D eigenvalue weighted by molar-refractivity contribution is 7.80. The van der Waals surface area contributed by atoms with Gasteiger partial charge >= 0.3 is 0 Å². The average molecular weight is 314 g/mol. The van der Waals surface area contributed by atoms with E-state index in [1.54, 1.807) is 0 Å². The lowest BCUT2D eigenvalue weighted by Crippen LogP contribution is -2.39. The summed E-state index contributed by atoms with van der Waals surface area (Å²) in [5, 5.41) is 11.9. The molecule has 1 aliphatic rings. The van der Waals surface area contributed by atoms with Gasteiger partial charge in [0, 0.05) is 18.3 Å². The Morgan fingerprint density at radius 3 is 2.91 bits per heavy atom. The van der Waals surface area contributed by atoms with Crippen LogP contribution in [0.25, 0.3) is 0 Å². The summed E-state index contributed by atoms with van der Waals surface area (Å²) in [7, 11) is 2.01. The highest BCUT2D eigenvalue weighted by Gasteiger charge is 2.24. The van der Waals surface area contributed by atoms with E-state index in [9.17, 15) is 0 Å². The fourth-order valence-electron chi connectivity index (χ4n) is 3.08. The van der Waals surface area contributed by atoms with Gasteiger partial charge in [0.15, 0.2) is 5.11 Å². The number of hydrogen-bond donors (Lipinski definition) is 2. The van der Waals surface area contributed by atoms with Crippen molar-refractivity contribution in [2.75, 3.05) is 0 Å². The largest absolute Gasteiger partial charge is 0.356 e. The van der Waals surface area contributed by atoms with Gasteiger partial charge in [0.1, 0.15) is 0 Å². The quantitative estimate of drug-likeness (QED) is 0.855. The fourth-order valence-corrected chi connectivity index (χ4v) is 3.40. The van der Waals surface area contributed by atoms with E-state index in [0.29, 0.717) is 5.11 Å². The molecule has 0 saturated carbocycles. The molecule has 1 heterocycles. The number of nitrogens with zero attached hydrogens (tertiary/aromatic N) is 2. The minimum atomic E-state index is 0.193. The number of fused-ring (bicyclic) bond motifs is 1. The van der Waals surface area contributed by atoms with E-state index >= 15 is 0 Å². The number of rotatable bonds is 3. The zero-order valence-electron chi connectivity index (χ0n) is 13.0. The lowest BCUT2D eigenvalue weighted by Gasteiger charge is -2.26. The van der Waals surface area contributed by atoms with Gasteiger partial charge in [0.25, 0.3) is 0 Å². The Morgan fingerprint density at radius 1 is 1.36 bits per heavy atom. The summed E-state index contributed by atoms with van der Waals surface area (Å²) in [4.78, 5) is 0. The van der Waals surface area contributed by atoms with Crippen LogP contribution in [0.15, 0.2) is 36.5 Å². The first-order valence-electron chi connectivity index (χ1n) is 7.78. The van der Waals surface area contributed by atoms with Crippen LogP contribution >= 0.6 is 12.2 Å². The Kier molecular flexibility index (Phi) is 4.43. The van der Waals surface area contributed by atoms with E-state index in [0.717, 1.165) is 12.8 Å². The van der Waals surface area contributed by atoms with Crippen LogP contribution in [0.3, 0.4) is 0 Å². The Labute approximate surface area is 136 Å². The maximum atomic E-state index is 5.50. The molecule has 1 aliphatic carbocycles. The summed E-state index contributed by atoms with van der Waals surface area (Å²) in [5.41, 5.74) is 3.84. The number of nitrogens with one attached hydrogen (secondary N) is 2. The molecule has 0 fully saturated rings. The molecular weight excluding hydrogens is 292 g/mol. The van der Waals surface area contributed by atoms with Gasteiger partial charge in [0.05, 0.1) is 18.3 Å². The van der Waals surface area contributed by atoms with Crippen molar-refractivity contribution in [1.29, 1.82) is 0 Å². The molecule has 0 radical (unpaired) electrons. The van der Waals surface area contributed by atoms with Crippen molar-refractivity contribution >= 4 is 17.3 Å². The van der Waals surface area contributed by atoms with E-state index in [1.807, 2.05) is 36.1 Å². The van der Waals surface area contributed by atoms with E-state index < -0.39 is 0 Å². The molecule has 5 heteroatoms. The number of benzene rings is 1. The lowest BCUT2D eigenvalue weighted by atomic mass is 9.93. The predicted octanol–water partition coefficient (Wildman–Crippen LogP) is 3.02. The van der Waals surface area contributed by atoms with Gasteiger partial charge in [-0.15, -0.1) is 0 Å². The molecule has 0 unspecified atom stereocenters. The molecule has 2 aromatic rings. The first kappa shape index (κ1) is 15.0. The first-order chi connectivity index (χ1) is 10.6. The molecule has 116 valence electrons. The van der Waals surface area contributed by atoms with Crippen molar-refractivity contribution in [3.8, 4) is 0 Å². The molecule has 4 nitrogen and oxygen atoms in total. The van der Waals surface area contributed by atoms with Crippen molar-refractivity contribution in [2.45, 2.75) is 38.3 Å². The highest BCUT2D eigenvalue weighted by Crippen LogP contribution is 2.29. The molecule has 0 bridgehead atoms. The molecule has 1 aromatic heterocycles. The Balaban J connectivity index is 1.63. The molecule has 2 N–H and O–H groups in total. The zero-order valence-corrected chi connectivity index (χ0v) is 13.9. The fraction of sp³-hybridized carbons (Fsp3) is 0.412. The third-order valence-corrected chi connectivity index (χ3v) is 4.56. The summed E-state index contributed by atoms with van der Waals surface area (Å²) < 4.78 is 1.98. The monoisotopic (exact) mass is 314 g/mol. The van der Waals surface area contributed by atoms with Crippen LogP contribution in [0.4, 0.5) is 0 Å². The van der Waals surface area contributed by atoms with Gasteiger partial charge in [-0.1, -0.05) is 30.3 Å². The van der Waals surface area contributed by atoms with Crippen molar-refractivity contribution < 1.29 is 0 Å². The van der Waals surface area contributed by atoms with Gasteiger partial charge < -0.3 is 10.6 Å². The molecule has 0 spiro atoms. The second-order valence-electron chi connectivity index (χ2n) is 5.87. The zero-order chi connectivity index (χ0) is 15.5. The minimum absolute atomic E-state index is 0.193. The van der Waals surface area contributed by atoms with Crippen molar-refractivity contribution in [2.24, 2.45) is 7.05 Å². The van der Waals surface area contributed by atoms with Crippen molar-refractivity contribution in [3.63, 3.8) is 0 Å². The van der Waals surface area contributed by atoms with Crippen LogP contribution in [0.5, 0.6) is 0 Å². The van der Waals surface area contributed by atoms with Gasteiger partial charge in [-0.05, 0) is 44.0 Å². The molecule has 1 aromatic carbocycles. The maximum absolute atomic E-state index is 5.50. The molecule has 0 aliphatic heterocycles. The van der Waals surface area contributed by atoms with E-state index in [1.165, 1.54) is 23.2 Å². The van der Waals surface area contributed by atoms with Crippen LogP contribution < -0.4 is 10.6 Å². The molecule has 22 heavy (non-hydrogen) atoms. The summed E-state index contributed by atoms with van der Waals surface area (Å²) in [5.74, 6) is 0. The SMILES string of the molecule is C[C@H](NC(=S)N[C@@H]1CCCc2c1cnn2C)c1ccccc1. The van der Waals surface area contributed by atoms with E-state index in [-0.39, 0.29) is 12.1 Å². The van der Waals surface area contributed by atoms with Crippen LogP contribution in [0.2, 0.25) is 0 Å². The lowest BCUT2D eigenvalue weighted by molar-refractivity contribution is 0.506. The molecule has 0 amide bonds. The van der Waals surface area contributed by atoms with Crippen LogP contribution in [0, 0.1) is 0 Å². The number of aromatic nitrogens is 2. The third kappa shape index (κ3) is 3.14. The minimum Gasteiger partial charge on any atom is -0.356 e. The number of hydrogen-bond acceptors (Lipinski definition) is 2. The third-order valence-electron chi connectivity index (χ3n) is 4.33. The smallest absolute Gasteiger partial charge is 0.167 e. The van der Waals surface area contributed by atoms with Gasteiger partial charge in [0.2, 0.25) is 0 Å². The van der Waals surface area contributed by atoms with Crippen molar-refractivity contribution in [1.82, 2.24) is 20.4 Å².